The standard InChI is InChI=1S/C10H20N2O2/c1-14-8-10(13)12-7-5-9-4-2-3-6-11-9/h9,11H,2-8H2,1H3,(H,12,13)/t9-/m1/s1. The molecule has 1 atom stereocenters. The molecule has 0 unspecified atom stereocenters. The summed E-state index contributed by atoms with van der Waals surface area (Å²) in [5.74, 6) is -0.0247. The van der Waals surface area contributed by atoms with Crippen molar-refractivity contribution in [2.24, 2.45) is 0 Å². The highest BCUT2D eigenvalue weighted by Crippen LogP contribution is 2.08. The number of piperidine rings is 1. The topological polar surface area (TPSA) is 50.4 Å². The van der Waals surface area contributed by atoms with Gasteiger partial charge in [-0.05, 0) is 25.8 Å². The number of nitrogens with one attached hydrogen (secondary N) is 2. The van der Waals surface area contributed by atoms with Crippen LogP contribution in [0.1, 0.15) is 25.7 Å². The smallest absolute Gasteiger partial charge is 0.245 e. The number of amides is 1. The largest absolute Gasteiger partial charge is 0.375 e. The van der Waals surface area contributed by atoms with Gasteiger partial charge in [0.1, 0.15) is 6.61 Å². The fraction of sp³-hybridized carbons (Fsp3) is 0.900. The lowest BCUT2D eigenvalue weighted by molar-refractivity contribution is -0.124. The highest BCUT2D eigenvalue weighted by molar-refractivity contribution is 5.77. The Balaban J connectivity index is 1.99. The summed E-state index contributed by atoms with van der Waals surface area (Å²) in [7, 11) is 1.53. The van der Waals surface area contributed by atoms with Crippen LogP contribution in [0.4, 0.5) is 0 Å². The maximum Gasteiger partial charge on any atom is 0.245 e. The van der Waals surface area contributed by atoms with Crippen molar-refractivity contribution in [1.82, 2.24) is 10.6 Å². The third-order valence-corrected chi connectivity index (χ3v) is 2.50. The van der Waals surface area contributed by atoms with Crippen LogP contribution in [0.15, 0.2) is 0 Å². The molecule has 1 saturated heterocycles. The Morgan fingerprint density at radius 2 is 2.43 bits per heavy atom. The number of methoxy groups -OCH3 is 1. The minimum Gasteiger partial charge on any atom is -0.375 e. The van der Waals surface area contributed by atoms with Crippen LogP contribution in [0.3, 0.4) is 0 Å². The van der Waals surface area contributed by atoms with Crippen LogP contribution in [0.25, 0.3) is 0 Å². The number of carbonyl (C=O) groups is 1. The lowest BCUT2D eigenvalue weighted by Crippen LogP contribution is -2.38. The van der Waals surface area contributed by atoms with E-state index in [4.69, 9.17) is 4.74 Å². The third kappa shape index (κ3) is 4.58. The van der Waals surface area contributed by atoms with Gasteiger partial charge in [-0.2, -0.15) is 0 Å². The predicted octanol–water partition coefficient (Wildman–Crippen LogP) is 0.281. The van der Waals surface area contributed by atoms with Crippen molar-refractivity contribution in [3.63, 3.8) is 0 Å². The summed E-state index contributed by atoms with van der Waals surface area (Å²) in [5.41, 5.74) is 0. The van der Waals surface area contributed by atoms with Gasteiger partial charge >= 0.3 is 0 Å². The molecular weight excluding hydrogens is 180 g/mol. The van der Waals surface area contributed by atoms with Crippen LogP contribution in [0.5, 0.6) is 0 Å². The molecule has 0 aromatic carbocycles. The molecule has 0 aliphatic carbocycles. The number of hydrogen-bond acceptors (Lipinski definition) is 3. The highest BCUT2D eigenvalue weighted by atomic mass is 16.5. The van der Waals surface area contributed by atoms with Crippen molar-refractivity contribution in [2.75, 3.05) is 26.8 Å². The zero-order chi connectivity index (χ0) is 10.2. The minimum atomic E-state index is -0.0247. The number of ether oxygens (including phenoxy) is 1. The molecule has 1 heterocycles. The predicted molar refractivity (Wildman–Crippen MR) is 55.1 cm³/mol. The molecule has 0 saturated carbocycles. The summed E-state index contributed by atoms with van der Waals surface area (Å²) in [6.07, 6.45) is 4.85. The lowest BCUT2D eigenvalue weighted by Gasteiger charge is -2.23. The molecule has 82 valence electrons. The number of carbonyl (C=O) groups excluding carboxylic acids is 1. The van der Waals surface area contributed by atoms with E-state index in [1.54, 1.807) is 0 Å². The van der Waals surface area contributed by atoms with E-state index >= 15 is 0 Å². The van der Waals surface area contributed by atoms with E-state index in [9.17, 15) is 4.79 Å². The highest BCUT2D eigenvalue weighted by Gasteiger charge is 2.11. The minimum absolute atomic E-state index is 0.0247. The van der Waals surface area contributed by atoms with Gasteiger partial charge in [0.15, 0.2) is 0 Å². The van der Waals surface area contributed by atoms with E-state index in [-0.39, 0.29) is 12.5 Å². The molecule has 4 nitrogen and oxygen atoms in total. The lowest BCUT2D eigenvalue weighted by atomic mass is 10.0. The fourth-order valence-corrected chi connectivity index (χ4v) is 1.74. The van der Waals surface area contributed by atoms with Gasteiger partial charge in [-0.3, -0.25) is 4.79 Å². The molecule has 2 N–H and O–H groups in total. The molecule has 0 bridgehead atoms. The van der Waals surface area contributed by atoms with Gasteiger partial charge in [0.05, 0.1) is 0 Å². The molecule has 4 heteroatoms. The van der Waals surface area contributed by atoms with Gasteiger partial charge in [-0.1, -0.05) is 6.42 Å². The second-order valence-corrected chi connectivity index (χ2v) is 3.72. The first-order chi connectivity index (χ1) is 6.83. The molecule has 14 heavy (non-hydrogen) atoms. The van der Waals surface area contributed by atoms with Gasteiger partial charge in [0.2, 0.25) is 5.91 Å². The van der Waals surface area contributed by atoms with Crippen molar-refractivity contribution < 1.29 is 9.53 Å². The third-order valence-electron chi connectivity index (χ3n) is 2.50. The number of rotatable bonds is 5. The summed E-state index contributed by atoms with van der Waals surface area (Å²) >= 11 is 0. The molecule has 0 aromatic rings. The molecule has 0 aromatic heterocycles. The van der Waals surface area contributed by atoms with Crippen molar-refractivity contribution in [2.45, 2.75) is 31.7 Å². The van der Waals surface area contributed by atoms with Gasteiger partial charge in [0.25, 0.3) is 0 Å². The Hall–Kier alpha value is -0.610. The zero-order valence-electron chi connectivity index (χ0n) is 8.84. The Labute approximate surface area is 85.4 Å². The maximum absolute atomic E-state index is 11.0. The van der Waals surface area contributed by atoms with Crippen LogP contribution >= 0.6 is 0 Å². The van der Waals surface area contributed by atoms with E-state index < -0.39 is 0 Å². The Kier molecular flexibility index (Phi) is 5.56. The summed E-state index contributed by atoms with van der Waals surface area (Å²) in [6.45, 7) is 2.04. The van der Waals surface area contributed by atoms with Gasteiger partial charge < -0.3 is 15.4 Å². The Bertz CT molecular complexity index is 168. The zero-order valence-corrected chi connectivity index (χ0v) is 8.84. The summed E-state index contributed by atoms with van der Waals surface area (Å²) in [5, 5.41) is 6.27. The van der Waals surface area contributed by atoms with Crippen molar-refractivity contribution in [3.05, 3.63) is 0 Å². The molecule has 1 aliphatic rings. The average Bonchev–Trinajstić information content (AvgIpc) is 2.20. The number of hydrogen-bond donors (Lipinski definition) is 2. The quantitative estimate of drug-likeness (QED) is 0.670. The van der Waals surface area contributed by atoms with E-state index in [1.807, 2.05) is 0 Å². The summed E-state index contributed by atoms with van der Waals surface area (Å²) < 4.78 is 4.72. The van der Waals surface area contributed by atoms with Crippen molar-refractivity contribution in [1.29, 1.82) is 0 Å². The molecule has 0 spiro atoms. The first-order valence-corrected chi connectivity index (χ1v) is 5.32. The molecule has 1 aliphatic heterocycles. The second-order valence-electron chi connectivity index (χ2n) is 3.72. The monoisotopic (exact) mass is 200 g/mol. The van der Waals surface area contributed by atoms with Crippen LogP contribution in [-0.2, 0) is 9.53 Å². The van der Waals surface area contributed by atoms with Crippen LogP contribution in [0, 0.1) is 0 Å². The average molecular weight is 200 g/mol. The molecule has 1 fully saturated rings. The molecular formula is C10H20N2O2. The fourth-order valence-electron chi connectivity index (χ4n) is 1.74. The molecule has 1 rings (SSSR count). The second kappa shape index (κ2) is 6.79. The maximum atomic E-state index is 11.0. The van der Waals surface area contributed by atoms with Crippen LogP contribution in [-0.4, -0.2) is 38.8 Å². The van der Waals surface area contributed by atoms with E-state index in [2.05, 4.69) is 10.6 Å². The summed E-state index contributed by atoms with van der Waals surface area (Å²) in [6, 6.07) is 0.589. The van der Waals surface area contributed by atoms with E-state index in [1.165, 1.54) is 26.4 Å². The van der Waals surface area contributed by atoms with Crippen LogP contribution in [0.2, 0.25) is 0 Å². The summed E-state index contributed by atoms with van der Waals surface area (Å²) in [4.78, 5) is 11.0. The Morgan fingerprint density at radius 1 is 1.57 bits per heavy atom. The SMILES string of the molecule is COCC(=O)NCC[C@H]1CCCCN1. The van der Waals surface area contributed by atoms with Crippen molar-refractivity contribution in [3.8, 4) is 0 Å². The Morgan fingerprint density at radius 3 is 3.07 bits per heavy atom. The molecule has 1 amide bonds. The first kappa shape index (κ1) is 11.5. The van der Waals surface area contributed by atoms with Gasteiger partial charge in [0, 0.05) is 19.7 Å². The normalized spacial score (nSPS) is 21.9. The van der Waals surface area contributed by atoms with E-state index in [0.717, 1.165) is 19.5 Å². The van der Waals surface area contributed by atoms with Gasteiger partial charge in [-0.25, -0.2) is 0 Å². The van der Waals surface area contributed by atoms with Gasteiger partial charge in [-0.15, -0.1) is 0 Å². The van der Waals surface area contributed by atoms with Crippen LogP contribution < -0.4 is 10.6 Å². The molecule has 0 radical (unpaired) electrons. The van der Waals surface area contributed by atoms with Crippen molar-refractivity contribution >= 4 is 5.91 Å². The first-order valence-electron chi connectivity index (χ1n) is 5.32. The van der Waals surface area contributed by atoms with E-state index in [0.29, 0.717) is 6.04 Å².